The topological polar surface area (TPSA) is 67.9 Å². The van der Waals surface area contributed by atoms with Crippen LogP contribution in [0.15, 0.2) is 84.9 Å². The summed E-state index contributed by atoms with van der Waals surface area (Å²) < 4.78 is 11.5. The van der Waals surface area contributed by atoms with E-state index in [1.165, 1.54) is 0 Å². The van der Waals surface area contributed by atoms with E-state index in [1.807, 2.05) is 72.8 Å². The van der Waals surface area contributed by atoms with E-state index in [2.05, 4.69) is 5.32 Å². The van der Waals surface area contributed by atoms with Crippen LogP contribution in [-0.2, 0) is 4.79 Å². The molecule has 0 atom stereocenters. The molecule has 3 aromatic rings. The number of rotatable bonds is 8. The first-order chi connectivity index (χ1) is 16.2. The summed E-state index contributed by atoms with van der Waals surface area (Å²) in [6, 6.07) is 26.3. The lowest BCUT2D eigenvalue weighted by atomic mass is 9.95. The molecular formula is C27H28N2O4. The Balaban J connectivity index is 1.28. The second-order valence-electron chi connectivity index (χ2n) is 7.93. The number of nitrogens with zero attached hydrogens (tertiary/aromatic N) is 1. The summed E-state index contributed by atoms with van der Waals surface area (Å²) in [6.45, 7) is 1.80. The predicted molar refractivity (Wildman–Crippen MR) is 128 cm³/mol. The monoisotopic (exact) mass is 444 g/mol. The van der Waals surface area contributed by atoms with Crippen molar-refractivity contribution >= 4 is 17.5 Å². The fourth-order valence-electron chi connectivity index (χ4n) is 3.88. The van der Waals surface area contributed by atoms with E-state index in [4.69, 9.17) is 9.47 Å². The van der Waals surface area contributed by atoms with Gasteiger partial charge in [0.2, 0.25) is 5.91 Å². The number of carbonyl (C=O) groups is 2. The summed E-state index contributed by atoms with van der Waals surface area (Å²) in [5, 5.41) is 2.96. The summed E-state index contributed by atoms with van der Waals surface area (Å²) in [7, 11) is 0. The molecule has 1 aliphatic rings. The Morgan fingerprint density at radius 2 is 1.39 bits per heavy atom. The number of likely N-dealkylation sites (tertiary alicyclic amines) is 1. The molecule has 3 aromatic carbocycles. The lowest BCUT2D eigenvalue weighted by molar-refractivity contribution is -0.121. The molecule has 0 saturated carbocycles. The highest BCUT2D eigenvalue weighted by Crippen LogP contribution is 2.25. The lowest BCUT2D eigenvalue weighted by Crippen LogP contribution is -2.41. The van der Waals surface area contributed by atoms with Gasteiger partial charge in [0.05, 0.1) is 5.56 Å². The van der Waals surface area contributed by atoms with Crippen LogP contribution in [0.1, 0.15) is 23.2 Å². The Labute approximate surface area is 194 Å². The standard InChI is InChI=1S/C27H28N2O4/c30-26(28-22-9-3-1-4-10-22)21-15-17-29(18-16-21)27(31)24-13-7-8-14-25(24)33-20-19-32-23-11-5-2-6-12-23/h1-14,21H,15-20H2,(H,28,30). The van der Waals surface area contributed by atoms with Crippen molar-refractivity contribution in [3.63, 3.8) is 0 Å². The number of benzene rings is 3. The van der Waals surface area contributed by atoms with Gasteiger partial charge in [0.1, 0.15) is 24.7 Å². The number of ether oxygens (including phenoxy) is 2. The van der Waals surface area contributed by atoms with Crippen LogP contribution in [0.5, 0.6) is 11.5 Å². The fraction of sp³-hybridized carbons (Fsp3) is 0.259. The molecule has 0 unspecified atom stereocenters. The average Bonchev–Trinajstić information content (AvgIpc) is 2.88. The van der Waals surface area contributed by atoms with Crippen LogP contribution in [0.3, 0.4) is 0 Å². The first-order valence-electron chi connectivity index (χ1n) is 11.3. The van der Waals surface area contributed by atoms with Crippen molar-refractivity contribution in [2.24, 2.45) is 5.92 Å². The second kappa shape index (κ2) is 11.2. The van der Waals surface area contributed by atoms with Gasteiger partial charge < -0.3 is 19.7 Å². The summed E-state index contributed by atoms with van der Waals surface area (Å²) in [6.07, 6.45) is 1.27. The quantitative estimate of drug-likeness (QED) is 0.514. The fourth-order valence-corrected chi connectivity index (χ4v) is 3.88. The summed E-state index contributed by atoms with van der Waals surface area (Å²) in [5.41, 5.74) is 1.33. The van der Waals surface area contributed by atoms with Crippen LogP contribution in [0.2, 0.25) is 0 Å². The zero-order valence-corrected chi connectivity index (χ0v) is 18.5. The van der Waals surface area contributed by atoms with E-state index in [-0.39, 0.29) is 17.7 Å². The highest BCUT2D eigenvalue weighted by molar-refractivity contribution is 5.97. The zero-order valence-electron chi connectivity index (χ0n) is 18.5. The van der Waals surface area contributed by atoms with Crippen molar-refractivity contribution in [3.8, 4) is 11.5 Å². The zero-order chi connectivity index (χ0) is 22.9. The molecule has 1 N–H and O–H groups in total. The Morgan fingerprint density at radius 3 is 2.12 bits per heavy atom. The molecule has 0 aliphatic carbocycles. The minimum Gasteiger partial charge on any atom is -0.490 e. The smallest absolute Gasteiger partial charge is 0.257 e. The Hall–Kier alpha value is -3.80. The summed E-state index contributed by atoms with van der Waals surface area (Å²) in [4.78, 5) is 27.5. The average molecular weight is 445 g/mol. The largest absolute Gasteiger partial charge is 0.490 e. The van der Waals surface area contributed by atoms with Crippen LogP contribution < -0.4 is 14.8 Å². The van der Waals surface area contributed by atoms with Gasteiger partial charge in [0.15, 0.2) is 0 Å². The van der Waals surface area contributed by atoms with E-state index in [1.54, 1.807) is 17.0 Å². The van der Waals surface area contributed by atoms with Gasteiger partial charge >= 0.3 is 0 Å². The lowest BCUT2D eigenvalue weighted by Gasteiger charge is -2.31. The Morgan fingerprint density at radius 1 is 0.788 bits per heavy atom. The van der Waals surface area contributed by atoms with Crippen molar-refractivity contribution in [1.29, 1.82) is 0 Å². The van der Waals surface area contributed by atoms with Crippen molar-refractivity contribution in [1.82, 2.24) is 4.90 Å². The van der Waals surface area contributed by atoms with Gasteiger partial charge in [-0.05, 0) is 49.2 Å². The van der Waals surface area contributed by atoms with Crippen LogP contribution in [0.25, 0.3) is 0 Å². The SMILES string of the molecule is O=C(Nc1ccccc1)C1CCN(C(=O)c2ccccc2OCCOc2ccccc2)CC1. The molecule has 0 aromatic heterocycles. The van der Waals surface area contributed by atoms with Gasteiger partial charge in [-0.15, -0.1) is 0 Å². The number of carbonyl (C=O) groups excluding carboxylic acids is 2. The first-order valence-corrected chi connectivity index (χ1v) is 11.3. The highest BCUT2D eigenvalue weighted by atomic mass is 16.5. The van der Waals surface area contributed by atoms with E-state index in [9.17, 15) is 9.59 Å². The maximum atomic E-state index is 13.2. The molecule has 1 saturated heterocycles. The third kappa shape index (κ3) is 6.13. The molecule has 6 nitrogen and oxygen atoms in total. The maximum absolute atomic E-state index is 13.2. The van der Waals surface area contributed by atoms with Crippen LogP contribution in [0, 0.1) is 5.92 Å². The number of amides is 2. The maximum Gasteiger partial charge on any atom is 0.257 e. The molecule has 0 bridgehead atoms. The van der Waals surface area contributed by atoms with E-state index < -0.39 is 0 Å². The molecule has 1 fully saturated rings. The summed E-state index contributed by atoms with van der Waals surface area (Å²) >= 11 is 0. The van der Waals surface area contributed by atoms with Gasteiger partial charge in [-0.3, -0.25) is 9.59 Å². The molecule has 6 heteroatoms. The number of piperidine rings is 1. The van der Waals surface area contributed by atoms with Crippen LogP contribution >= 0.6 is 0 Å². The molecule has 1 heterocycles. The molecule has 33 heavy (non-hydrogen) atoms. The molecule has 0 spiro atoms. The van der Waals surface area contributed by atoms with E-state index >= 15 is 0 Å². The number of para-hydroxylation sites is 3. The number of hydrogen-bond acceptors (Lipinski definition) is 4. The predicted octanol–water partition coefficient (Wildman–Crippen LogP) is 4.64. The molecular weight excluding hydrogens is 416 g/mol. The van der Waals surface area contributed by atoms with Gasteiger partial charge in [-0.2, -0.15) is 0 Å². The van der Waals surface area contributed by atoms with Crippen molar-refractivity contribution in [2.45, 2.75) is 12.8 Å². The van der Waals surface area contributed by atoms with Gasteiger partial charge in [-0.1, -0.05) is 48.5 Å². The highest BCUT2D eigenvalue weighted by Gasteiger charge is 2.29. The molecule has 170 valence electrons. The molecule has 0 radical (unpaired) electrons. The number of anilines is 1. The van der Waals surface area contributed by atoms with E-state index in [0.29, 0.717) is 50.5 Å². The number of nitrogens with one attached hydrogen (secondary N) is 1. The minimum absolute atomic E-state index is 0.00967. The third-order valence-corrected chi connectivity index (χ3v) is 5.66. The van der Waals surface area contributed by atoms with Gasteiger partial charge in [-0.25, -0.2) is 0 Å². The minimum atomic E-state index is -0.101. The van der Waals surface area contributed by atoms with E-state index in [0.717, 1.165) is 11.4 Å². The van der Waals surface area contributed by atoms with Crippen molar-refractivity contribution < 1.29 is 19.1 Å². The van der Waals surface area contributed by atoms with Crippen LogP contribution in [0.4, 0.5) is 5.69 Å². The molecule has 2 amide bonds. The Bertz CT molecular complexity index is 1050. The number of hydrogen-bond donors (Lipinski definition) is 1. The molecule has 1 aliphatic heterocycles. The van der Waals surface area contributed by atoms with Crippen LogP contribution in [-0.4, -0.2) is 43.0 Å². The van der Waals surface area contributed by atoms with Gasteiger partial charge in [0, 0.05) is 24.7 Å². The third-order valence-electron chi connectivity index (χ3n) is 5.66. The normalized spacial score (nSPS) is 13.9. The van der Waals surface area contributed by atoms with Crippen molar-refractivity contribution in [3.05, 3.63) is 90.5 Å². The van der Waals surface area contributed by atoms with Crippen molar-refractivity contribution in [2.75, 3.05) is 31.6 Å². The first kappa shape index (κ1) is 22.4. The Kier molecular flexibility index (Phi) is 7.59. The van der Waals surface area contributed by atoms with Gasteiger partial charge in [0.25, 0.3) is 5.91 Å². The molecule has 4 rings (SSSR count). The summed E-state index contributed by atoms with van der Waals surface area (Å²) in [5.74, 6) is 1.16. The second-order valence-corrected chi connectivity index (χ2v) is 7.93.